The van der Waals surface area contributed by atoms with Crippen LogP contribution in [0.25, 0.3) is 0 Å². The Bertz CT molecular complexity index is 641. The van der Waals surface area contributed by atoms with Gasteiger partial charge in [0, 0.05) is 24.0 Å². The third-order valence-corrected chi connectivity index (χ3v) is 2.65. The number of benzene rings is 1. The molecule has 1 N–H and O–H groups in total. The van der Waals surface area contributed by atoms with Gasteiger partial charge >= 0.3 is 11.7 Å². The summed E-state index contributed by atoms with van der Waals surface area (Å²) in [6.07, 6.45) is 2.80. The summed E-state index contributed by atoms with van der Waals surface area (Å²) >= 11 is 0. The fourth-order valence-corrected chi connectivity index (χ4v) is 1.77. The van der Waals surface area contributed by atoms with Crippen molar-refractivity contribution in [2.45, 2.75) is 20.5 Å². The van der Waals surface area contributed by atoms with Crippen molar-refractivity contribution in [3.63, 3.8) is 0 Å². The first kappa shape index (κ1) is 13.9. The number of aliphatic hydroxyl groups excluding tert-OH is 1. The van der Waals surface area contributed by atoms with E-state index >= 15 is 0 Å². The lowest BCUT2D eigenvalue weighted by atomic mass is 10.1. The van der Waals surface area contributed by atoms with Crippen molar-refractivity contribution in [3.05, 3.63) is 51.3 Å². The second-order valence-electron chi connectivity index (χ2n) is 4.32. The summed E-state index contributed by atoms with van der Waals surface area (Å²) in [5.41, 5.74) is 1.81. The van der Waals surface area contributed by atoms with Crippen LogP contribution in [0, 0.1) is 24.0 Å². The summed E-state index contributed by atoms with van der Waals surface area (Å²) in [6.45, 7) is 3.32. The molecule has 104 valence electrons. The quantitative estimate of drug-likeness (QED) is 0.679. The average molecular weight is 275 g/mol. The van der Waals surface area contributed by atoms with E-state index in [9.17, 15) is 10.1 Å². The SMILES string of the molecule is Cc1cc(C)c(Oc2ncc(CO)cn2)c([N+](=O)[O-])c1. The summed E-state index contributed by atoms with van der Waals surface area (Å²) in [4.78, 5) is 18.4. The van der Waals surface area contributed by atoms with Gasteiger partial charge in [-0.05, 0) is 25.0 Å². The van der Waals surface area contributed by atoms with Crippen LogP contribution in [0.1, 0.15) is 16.7 Å². The molecule has 0 spiro atoms. The number of aryl methyl sites for hydroxylation is 2. The van der Waals surface area contributed by atoms with E-state index in [4.69, 9.17) is 9.84 Å². The molecule has 0 unspecified atom stereocenters. The van der Waals surface area contributed by atoms with Crippen LogP contribution in [-0.4, -0.2) is 20.0 Å². The fourth-order valence-electron chi connectivity index (χ4n) is 1.77. The van der Waals surface area contributed by atoms with Gasteiger partial charge in [0.25, 0.3) is 0 Å². The van der Waals surface area contributed by atoms with Gasteiger partial charge < -0.3 is 9.84 Å². The van der Waals surface area contributed by atoms with E-state index in [1.165, 1.54) is 18.5 Å². The first-order valence-electron chi connectivity index (χ1n) is 5.86. The summed E-state index contributed by atoms with van der Waals surface area (Å²) in [5, 5.41) is 20.0. The van der Waals surface area contributed by atoms with Gasteiger partial charge in [-0.15, -0.1) is 0 Å². The molecule has 7 nitrogen and oxygen atoms in total. The standard InChI is InChI=1S/C13H13N3O4/c1-8-3-9(2)12(11(4-8)16(18)19)20-13-14-5-10(7-17)6-15-13/h3-6,17H,7H2,1-2H3. The minimum Gasteiger partial charge on any atom is -0.417 e. The number of aromatic nitrogens is 2. The summed E-state index contributed by atoms with van der Waals surface area (Å²) in [6, 6.07) is 3.21. The topological polar surface area (TPSA) is 98.4 Å². The minimum absolute atomic E-state index is 0.00254. The molecule has 0 bridgehead atoms. The first-order chi connectivity index (χ1) is 9.51. The number of hydrogen-bond donors (Lipinski definition) is 1. The van der Waals surface area contributed by atoms with E-state index in [0.717, 1.165) is 5.56 Å². The monoisotopic (exact) mass is 275 g/mol. The molecule has 0 amide bonds. The van der Waals surface area contributed by atoms with Gasteiger partial charge in [0.2, 0.25) is 5.75 Å². The van der Waals surface area contributed by atoms with Crippen LogP contribution in [0.5, 0.6) is 11.8 Å². The summed E-state index contributed by atoms with van der Waals surface area (Å²) in [7, 11) is 0. The normalized spacial score (nSPS) is 10.3. The molecular weight excluding hydrogens is 262 g/mol. The van der Waals surface area contributed by atoms with E-state index in [1.54, 1.807) is 19.9 Å². The average Bonchev–Trinajstić information content (AvgIpc) is 2.42. The highest BCUT2D eigenvalue weighted by molar-refractivity contribution is 5.54. The Morgan fingerprint density at radius 2 is 1.95 bits per heavy atom. The molecule has 2 rings (SSSR count). The van der Waals surface area contributed by atoms with Gasteiger partial charge in [-0.3, -0.25) is 10.1 Å². The van der Waals surface area contributed by atoms with Crippen LogP contribution in [0.3, 0.4) is 0 Å². The molecule has 0 aliphatic rings. The number of aliphatic hydroxyl groups is 1. The number of nitrogens with zero attached hydrogens (tertiary/aromatic N) is 3. The summed E-state index contributed by atoms with van der Waals surface area (Å²) in [5.74, 6) is 0.123. The number of rotatable bonds is 4. The third kappa shape index (κ3) is 2.89. The molecular formula is C13H13N3O4. The second-order valence-corrected chi connectivity index (χ2v) is 4.32. The van der Waals surface area contributed by atoms with E-state index in [2.05, 4.69) is 9.97 Å². The van der Waals surface area contributed by atoms with E-state index in [0.29, 0.717) is 11.1 Å². The Morgan fingerprint density at radius 3 is 2.50 bits per heavy atom. The largest absolute Gasteiger partial charge is 0.417 e. The van der Waals surface area contributed by atoms with Gasteiger partial charge in [-0.1, -0.05) is 6.07 Å². The van der Waals surface area contributed by atoms with Crippen LogP contribution in [0.2, 0.25) is 0 Å². The second kappa shape index (κ2) is 5.62. The Morgan fingerprint density at radius 1 is 1.30 bits per heavy atom. The van der Waals surface area contributed by atoms with Gasteiger partial charge in [-0.2, -0.15) is 0 Å². The molecule has 0 aliphatic carbocycles. The van der Waals surface area contributed by atoms with Gasteiger partial charge in [0.15, 0.2) is 0 Å². The maximum absolute atomic E-state index is 11.1. The molecule has 7 heteroatoms. The third-order valence-electron chi connectivity index (χ3n) is 2.65. The Hall–Kier alpha value is -2.54. The summed E-state index contributed by atoms with van der Waals surface area (Å²) < 4.78 is 5.41. The lowest BCUT2D eigenvalue weighted by molar-refractivity contribution is -0.385. The molecule has 0 radical (unpaired) electrons. The van der Waals surface area contributed by atoms with E-state index in [-0.39, 0.29) is 24.1 Å². The van der Waals surface area contributed by atoms with Crippen molar-refractivity contribution in [2.24, 2.45) is 0 Å². The van der Waals surface area contributed by atoms with Crippen molar-refractivity contribution in [1.29, 1.82) is 0 Å². The van der Waals surface area contributed by atoms with E-state index < -0.39 is 4.92 Å². The van der Waals surface area contributed by atoms with E-state index in [1.807, 2.05) is 0 Å². The number of nitro groups is 1. The molecule has 1 heterocycles. The van der Waals surface area contributed by atoms with Crippen molar-refractivity contribution >= 4 is 5.69 Å². The van der Waals surface area contributed by atoms with Crippen molar-refractivity contribution in [1.82, 2.24) is 9.97 Å². The first-order valence-corrected chi connectivity index (χ1v) is 5.86. The van der Waals surface area contributed by atoms with Gasteiger partial charge in [-0.25, -0.2) is 9.97 Å². The lowest BCUT2D eigenvalue weighted by Gasteiger charge is -2.08. The maximum Gasteiger partial charge on any atom is 0.322 e. The van der Waals surface area contributed by atoms with Gasteiger partial charge in [0.05, 0.1) is 11.5 Å². The molecule has 0 saturated carbocycles. The Labute approximate surface area is 115 Å². The highest BCUT2D eigenvalue weighted by Gasteiger charge is 2.20. The van der Waals surface area contributed by atoms with Gasteiger partial charge in [0.1, 0.15) is 0 Å². The molecule has 0 fully saturated rings. The molecule has 20 heavy (non-hydrogen) atoms. The molecule has 1 aromatic heterocycles. The zero-order valence-electron chi connectivity index (χ0n) is 11.0. The lowest BCUT2D eigenvalue weighted by Crippen LogP contribution is -1.99. The van der Waals surface area contributed by atoms with Crippen LogP contribution >= 0.6 is 0 Å². The molecule has 0 aliphatic heterocycles. The van der Waals surface area contributed by atoms with Crippen LogP contribution in [0.15, 0.2) is 24.5 Å². The highest BCUT2D eigenvalue weighted by Crippen LogP contribution is 2.34. The van der Waals surface area contributed by atoms with Crippen molar-refractivity contribution in [3.8, 4) is 11.8 Å². The molecule has 2 aromatic rings. The van der Waals surface area contributed by atoms with Crippen molar-refractivity contribution in [2.75, 3.05) is 0 Å². The predicted molar refractivity (Wildman–Crippen MR) is 70.6 cm³/mol. The number of ether oxygens (including phenoxy) is 1. The molecule has 1 aromatic carbocycles. The van der Waals surface area contributed by atoms with Crippen molar-refractivity contribution < 1.29 is 14.8 Å². The molecule has 0 atom stereocenters. The fraction of sp³-hybridized carbons (Fsp3) is 0.231. The Kier molecular flexibility index (Phi) is 3.90. The Balaban J connectivity index is 2.39. The van der Waals surface area contributed by atoms with Crippen LogP contribution in [0.4, 0.5) is 5.69 Å². The van der Waals surface area contributed by atoms with Crippen LogP contribution in [-0.2, 0) is 6.61 Å². The zero-order chi connectivity index (χ0) is 14.7. The maximum atomic E-state index is 11.1. The smallest absolute Gasteiger partial charge is 0.322 e. The highest BCUT2D eigenvalue weighted by atomic mass is 16.6. The van der Waals surface area contributed by atoms with Crippen LogP contribution < -0.4 is 4.74 Å². The predicted octanol–water partition coefficient (Wildman–Crippen LogP) is 2.29. The number of nitro benzene ring substituents is 1. The number of hydrogen-bond acceptors (Lipinski definition) is 6. The molecule has 0 saturated heterocycles. The zero-order valence-corrected chi connectivity index (χ0v) is 11.0. The minimum atomic E-state index is -0.503.